The summed E-state index contributed by atoms with van der Waals surface area (Å²) in [5, 5.41) is 8.57. The molecule has 0 spiro atoms. The molecule has 0 unspecified atom stereocenters. The number of aliphatic carboxylic acids is 1. The molecule has 0 saturated heterocycles. The maximum atomic E-state index is 11.9. The quantitative estimate of drug-likeness (QED) is 0.590. The van der Waals surface area contributed by atoms with Crippen molar-refractivity contribution in [2.24, 2.45) is 0 Å². The molecule has 21 heavy (non-hydrogen) atoms. The Labute approximate surface area is 126 Å². The Morgan fingerprint density at radius 2 is 1.86 bits per heavy atom. The highest BCUT2D eigenvalue weighted by Crippen LogP contribution is 2.10. The molecule has 1 N–H and O–H groups in total. The first kappa shape index (κ1) is 17.0. The van der Waals surface area contributed by atoms with Crippen LogP contribution in [0.1, 0.15) is 43.7 Å². The molecule has 0 fully saturated rings. The van der Waals surface area contributed by atoms with E-state index < -0.39 is 5.97 Å². The smallest absolute Gasteiger partial charge is 0.328 e. The summed E-state index contributed by atoms with van der Waals surface area (Å²) in [4.78, 5) is 24.1. The Balaban J connectivity index is 2.51. The normalized spacial score (nSPS) is 10.8. The SMILES string of the molecule is CCCCCC(=O)N(C)Cc1ccc(C=CC(=O)O)cc1. The molecule has 1 aromatic carbocycles. The molecule has 1 amide bonds. The van der Waals surface area contributed by atoms with Gasteiger partial charge in [0, 0.05) is 26.1 Å². The van der Waals surface area contributed by atoms with Crippen LogP contribution in [0.15, 0.2) is 30.3 Å². The van der Waals surface area contributed by atoms with Crippen LogP contribution in [0.2, 0.25) is 0 Å². The average Bonchev–Trinajstić information content (AvgIpc) is 2.46. The van der Waals surface area contributed by atoms with Crippen molar-refractivity contribution in [1.82, 2.24) is 4.90 Å². The Morgan fingerprint density at radius 1 is 1.19 bits per heavy atom. The fourth-order valence-electron chi connectivity index (χ4n) is 1.98. The summed E-state index contributed by atoms with van der Waals surface area (Å²) in [5.41, 5.74) is 1.87. The lowest BCUT2D eigenvalue weighted by molar-refractivity contribution is -0.131. The summed E-state index contributed by atoms with van der Waals surface area (Å²) in [7, 11) is 1.81. The van der Waals surface area contributed by atoms with Crippen molar-refractivity contribution >= 4 is 18.0 Å². The van der Waals surface area contributed by atoms with E-state index in [-0.39, 0.29) is 5.91 Å². The number of hydrogen-bond acceptors (Lipinski definition) is 2. The minimum Gasteiger partial charge on any atom is -0.478 e. The van der Waals surface area contributed by atoms with E-state index in [1.807, 2.05) is 31.3 Å². The molecule has 0 heterocycles. The lowest BCUT2D eigenvalue weighted by Gasteiger charge is -2.17. The van der Waals surface area contributed by atoms with Gasteiger partial charge in [0.05, 0.1) is 0 Å². The van der Waals surface area contributed by atoms with Gasteiger partial charge in [-0.25, -0.2) is 4.79 Å². The predicted octanol–water partition coefficient (Wildman–Crippen LogP) is 3.32. The minimum absolute atomic E-state index is 0.165. The predicted molar refractivity (Wildman–Crippen MR) is 83.7 cm³/mol. The zero-order valence-electron chi connectivity index (χ0n) is 12.7. The number of benzene rings is 1. The molecule has 0 atom stereocenters. The monoisotopic (exact) mass is 289 g/mol. The Bertz CT molecular complexity index is 491. The summed E-state index contributed by atoms with van der Waals surface area (Å²) in [6.07, 6.45) is 6.40. The van der Waals surface area contributed by atoms with E-state index in [2.05, 4.69) is 6.92 Å². The van der Waals surface area contributed by atoms with Gasteiger partial charge < -0.3 is 10.0 Å². The zero-order valence-corrected chi connectivity index (χ0v) is 12.7. The van der Waals surface area contributed by atoms with Gasteiger partial charge in [0.1, 0.15) is 0 Å². The van der Waals surface area contributed by atoms with Crippen LogP contribution in [0, 0.1) is 0 Å². The second kappa shape index (κ2) is 8.95. The molecule has 0 bridgehead atoms. The highest BCUT2D eigenvalue weighted by Gasteiger charge is 2.08. The molecule has 114 valence electrons. The van der Waals surface area contributed by atoms with E-state index >= 15 is 0 Å². The van der Waals surface area contributed by atoms with Crippen molar-refractivity contribution in [3.63, 3.8) is 0 Å². The summed E-state index contributed by atoms with van der Waals surface area (Å²) in [6, 6.07) is 7.53. The number of unbranched alkanes of at least 4 members (excludes halogenated alkanes) is 2. The molecular weight excluding hydrogens is 266 g/mol. The van der Waals surface area contributed by atoms with Crippen LogP contribution in [-0.2, 0) is 16.1 Å². The molecule has 0 aliphatic carbocycles. The maximum absolute atomic E-state index is 11.9. The molecule has 4 nitrogen and oxygen atoms in total. The second-order valence-corrected chi connectivity index (χ2v) is 5.12. The number of hydrogen-bond donors (Lipinski definition) is 1. The third-order valence-corrected chi connectivity index (χ3v) is 3.24. The third-order valence-electron chi connectivity index (χ3n) is 3.24. The summed E-state index contributed by atoms with van der Waals surface area (Å²) in [6.45, 7) is 2.70. The van der Waals surface area contributed by atoms with E-state index in [1.54, 1.807) is 11.0 Å². The molecule has 1 rings (SSSR count). The van der Waals surface area contributed by atoms with Crippen LogP contribution in [0.25, 0.3) is 6.08 Å². The molecule has 1 aromatic rings. The number of carbonyl (C=O) groups excluding carboxylic acids is 1. The number of nitrogens with zero attached hydrogens (tertiary/aromatic N) is 1. The van der Waals surface area contributed by atoms with Gasteiger partial charge >= 0.3 is 5.97 Å². The van der Waals surface area contributed by atoms with Crippen molar-refractivity contribution in [2.75, 3.05) is 7.05 Å². The van der Waals surface area contributed by atoms with Crippen LogP contribution in [-0.4, -0.2) is 28.9 Å². The van der Waals surface area contributed by atoms with Gasteiger partial charge in [0.25, 0.3) is 0 Å². The van der Waals surface area contributed by atoms with Gasteiger partial charge in [-0.05, 0) is 23.6 Å². The molecule has 0 saturated carbocycles. The number of carbonyl (C=O) groups is 2. The summed E-state index contributed by atoms with van der Waals surface area (Å²) in [5.74, 6) is -0.796. The molecule has 0 aromatic heterocycles. The lowest BCUT2D eigenvalue weighted by atomic mass is 10.1. The van der Waals surface area contributed by atoms with E-state index in [0.29, 0.717) is 13.0 Å². The topological polar surface area (TPSA) is 57.6 Å². The first-order valence-corrected chi connectivity index (χ1v) is 7.27. The molecular formula is C17H23NO3. The maximum Gasteiger partial charge on any atom is 0.328 e. The number of rotatable bonds is 8. The Kier molecular flexibility index (Phi) is 7.23. The average molecular weight is 289 g/mol. The van der Waals surface area contributed by atoms with Gasteiger partial charge in [0.15, 0.2) is 0 Å². The van der Waals surface area contributed by atoms with E-state index in [9.17, 15) is 9.59 Å². The van der Waals surface area contributed by atoms with Crippen molar-refractivity contribution in [3.8, 4) is 0 Å². The fourth-order valence-corrected chi connectivity index (χ4v) is 1.98. The van der Waals surface area contributed by atoms with Gasteiger partial charge in [-0.3, -0.25) is 4.79 Å². The Morgan fingerprint density at radius 3 is 2.43 bits per heavy atom. The highest BCUT2D eigenvalue weighted by atomic mass is 16.4. The summed E-state index contributed by atoms with van der Waals surface area (Å²) >= 11 is 0. The largest absolute Gasteiger partial charge is 0.478 e. The van der Waals surface area contributed by atoms with Crippen LogP contribution in [0.4, 0.5) is 0 Å². The van der Waals surface area contributed by atoms with E-state index in [1.165, 1.54) is 0 Å². The van der Waals surface area contributed by atoms with Crippen molar-refractivity contribution < 1.29 is 14.7 Å². The highest BCUT2D eigenvalue weighted by molar-refractivity contribution is 5.85. The summed E-state index contributed by atoms with van der Waals surface area (Å²) < 4.78 is 0. The standard InChI is InChI=1S/C17H23NO3/c1-3-4-5-6-16(19)18(2)13-15-9-7-14(8-10-15)11-12-17(20)21/h7-12H,3-6,13H2,1-2H3,(H,20,21). The first-order chi connectivity index (χ1) is 10.0. The van der Waals surface area contributed by atoms with Gasteiger partial charge in [-0.1, -0.05) is 44.0 Å². The van der Waals surface area contributed by atoms with E-state index in [4.69, 9.17) is 5.11 Å². The third kappa shape index (κ3) is 6.75. The lowest BCUT2D eigenvalue weighted by Crippen LogP contribution is -2.25. The van der Waals surface area contributed by atoms with Crippen LogP contribution >= 0.6 is 0 Å². The van der Waals surface area contributed by atoms with Crippen molar-refractivity contribution in [1.29, 1.82) is 0 Å². The molecule has 0 aliphatic heterocycles. The van der Waals surface area contributed by atoms with Crippen LogP contribution in [0.3, 0.4) is 0 Å². The fraction of sp³-hybridized carbons (Fsp3) is 0.412. The number of carboxylic acids is 1. The van der Waals surface area contributed by atoms with Crippen LogP contribution < -0.4 is 0 Å². The first-order valence-electron chi connectivity index (χ1n) is 7.27. The van der Waals surface area contributed by atoms with Crippen LogP contribution in [0.5, 0.6) is 0 Å². The molecule has 0 aliphatic rings. The van der Waals surface area contributed by atoms with Crippen molar-refractivity contribution in [3.05, 3.63) is 41.5 Å². The molecule has 0 radical (unpaired) electrons. The Hall–Kier alpha value is -2.10. The van der Waals surface area contributed by atoms with E-state index in [0.717, 1.165) is 36.5 Å². The molecule has 4 heteroatoms. The zero-order chi connectivity index (χ0) is 15.7. The van der Waals surface area contributed by atoms with Gasteiger partial charge in [-0.15, -0.1) is 0 Å². The van der Waals surface area contributed by atoms with Gasteiger partial charge in [-0.2, -0.15) is 0 Å². The number of amides is 1. The second-order valence-electron chi connectivity index (χ2n) is 5.12. The van der Waals surface area contributed by atoms with Gasteiger partial charge in [0.2, 0.25) is 5.91 Å². The number of carboxylic acid groups (broad SMARTS) is 1. The van der Waals surface area contributed by atoms with Crippen molar-refractivity contribution in [2.45, 2.75) is 39.2 Å². The minimum atomic E-state index is -0.962.